The molecule has 130 valence electrons. The number of terminal acetylenes is 1. The zero-order valence-electron chi connectivity index (χ0n) is 14.8. The number of phenolic OH excluding ortho intramolecular Hbond substituents is 2. The van der Waals surface area contributed by atoms with Gasteiger partial charge in [0.2, 0.25) is 0 Å². The number of hydrogen-bond donors (Lipinski definition) is 2. The molecule has 3 heteroatoms. The Balaban J connectivity index is 2.28. The van der Waals surface area contributed by atoms with Gasteiger partial charge in [0.05, 0.1) is 0 Å². The fraction of sp³-hybridized carbons (Fsp3) is 0.130. The van der Waals surface area contributed by atoms with Crippen LogP contribution in [0.1, 0.15) is 30.5 Å². The van der Waals surface area contributed by atoms with Crippen LogP contribution < -0.4 is 4.74 Å². The van der Waals surface area contributed by atoms with Gasteiger partial charge in [-0.05, 0) is 67.0 Å². The summed E-state index contributed by atoms with van der Waals surface area (Å²) in [7, 11) is 0. The van der Waals surface area contributed by atoms with Crippen LogP contribution in [-0.4, -0.2) is 16.3 Å². The highest BCUT2D eigenvalue weighted by atomic mass is 16.5. The van der Waals surface area contributed by atoms with Gasteiger partial charge in [0.25, 0.3) is 0 Å². The van der Waals surface area contributed by atoms with E-state index in [1.54, 1.807) is 30.3 Å². The van der Waals surface area contributed by atoms with Gasteiger partial charge in [-0.3, -0.25) is 0 Å². The Bertz CT molecular complexity index is 987. The predicted octanol–water partition coefficient (Wildman–Crippen LogP) is 4.90. The first-order valence-electron chi connectivity index (χ1n) is 8.28. The van der Waals surface area contributed by atoms with Crippen molar-refractivity contribution < 1.29 is 14.9 Å². The van der Waals surface area contributed by atoms with E-state index < -0.39 is 6.10 Å². The highest BCUT2D eigenvalue weighted by Gasteiger charge is 2.29. The van der Waals surface area contributed by atoms with Crippen LogP contribution in [-0.2, 0) is 0 Å². The van der Waals surface area contributed by atoms with E-state index in [9.17, 15) is 10.2 Å². The van der Waals surface area contributed by atoms with Gasteiger partial charge in [-0.1, -0.05) is 24.7 Å². The lowest BCUT2D eigenvalue weighted by Gasteiger charge is -2.31. The minimum Gasteiger partial charge on any atom is -0.508 e. The third-order valence-electron chi connectivity index (χ3n) is 4.39. The minimum absolute atomic E-state index is 0.0906. The van der Waals surface area contributed by atoms with Crippen molar-refractivity contribution in [1.82, 2.24) is 0 Å². The highest BCUT2D eigenvalue weighted by molar-refractivity contribution is 5.97. The Morgan fingerprint density at radius 2 is 1.96 bits per heavy atom. The molecule has 0 spiro atoms. The van der Waals surface area contributed by atoms with Crippen molar-refractivity contribution in [3.05, 3.63) is 77.4 Å². The molecule has 26 heavy (non-hydrogen) atoms. The topological polar surface area (TPSA) is 49.7 Å². The van der Waals surface area contributed by atoms with Crippen LogP contribution in [0.5, 0.6) is 17.2 Å². The normalized spacial score (nSPS) is 16.1. The van der Waals surface area contributed by atoms with E-state index >= 15 is 0 Å². The largest absolute Gasteiger partial charge is 0.508 e. The summed E-state index contributed by atoms with van der Waals surface area (Å²) in [6.07, 6.45) is 8.90. The molecule has 2 aromatic carbocycles. The monoisotopic (exact) mass is 344 g/mol. The van der Waals surface area contributed by atoms with Crippen LogP contribution in [0.25, 0.3) is 11.1 Å². The molecule has 0 saturated carbocycles. The lowest BCUT2D eigenvalue weighted by molar-refractivity contribution is 0.291. The van der Waals surface area contributed by atoms with Gasteiger partial charge in [-0.2, -0.15) is 0 Å². The van der Waals surface area contributed by atoms with Crippen molar-refractivity contribution in [2.75, 3.05) is 0 Å². The first-order valence-corrected chi connectivity index (χ1v) is 8.28. The number of fused-ring (bicyclic) bond motifs is 1. The maximum atomic E-state index is 10.1. The predicted molar refractivity (Wildman–Crippen MR) is 105 cm³/mol. The first-order chi connectivity index (χ1) is 12.4. The molecule has 3 nitrogen and oxygen atoms in total. The van der Waals surface area contributed by atoms with Crippen LogP contribution in [0.4, 0.5) is 0 Å². The maximum Gasteiger partial charge on any atom is 0.149 e. The number of aromatic hydroxyl groups is 2. The number of benzene rings is 2. The fourth-order valence-electron chi connectivity index (χ4n) is 3.22. The zero-order valence-corrected chi connectivity index (χ0v) is 14.8. The summed E-state index contributed by atoms with van der Waals surface area (Å²) in [5, 5.41) is 19.9. The van der Waals surface area contributed by atoms with Crippen LogP contribution in [0, 0.1) is 12.3 Å². The van der Waals surface area contributed by atoms with E-state index in [2.05, 4.69) is 12.5 Å². The van der Waals surface area contributed by atoms with E-state index in [0.717, 1.165) is 27.8 Å². The van der Waals surface area contributed by atoms with Crippen molar-refractivity contribution in [3.8, 4) is 29.6 Å². The highest BCUT2D eigenvalue weighted by Crippen LogP contribution is 2.44. The number of phenols is 2. The first kappa shape index (κ1) is 17.4. The van der Waals surface area contributed by atoms with E-state index in [4.69, 9.17) is 11.2 Å². The number of allylic oxidation sites excluding steroid dienone is 2. The quantitative estimate of drug-likeness (QED) is 0.615. The molecule has 0 amide bonds. The molecule has 1 atom stereocenters. The molecule has 0 aliphatic carbocycles. The fourth-order valence-corrected chi connectivity index (χ4v) is 3.22. The van der Waals surface area contributed by atoms with Gasteiger partial charge in [0.15, 0.2) is 0 Å². The number of ether oxygens (including phenoxy) is 1. The van der Waals surface area contributed by atoms with Gasteiger partial charge in [-0.15, -0.1) is 6.42 Å². The molecule has 2 N–H and O–H groups in total. The zero-order chi connectivity index (χ0) is 18.8. The summed E-state index contributed by atoms with van der Waals surface area (Å²) in [6, 6.07) is 10.1. The summed E-state index contributed by atoms with van der Waals surface area (Å²) in [6.45, 7) is 8.02. The molecule has 0 aromatic heterocycles. The smallest absolute Gasteiger partial charge is 0.149 e. The van der Waals surface area contributed by atoms with Crippen LogP contribution in [0.2, 0.25) is 0 Å². The van der Waals surface area contributed by atoms with E-state index in [1.165, 1.54) is 0 Å². The van der Waals surface area contributed by atoms with Crippen molar-refractivity contribution in [2.45, 2.75) is 20.0 Å². The van der Waals surface area contributed by atoms with Gasteiger partial charge in [0, 0.05) is 16.7 Å². The number of hydrogen-bond acceptors (Lipinski definition) is 3. The van der Waals surface area contributed by atoms with Crippen molar-refractivity contribution >= 4 is 11.1 Å². The van der Waals surface area contributed by atoms with Crippen LogP contribution in [0.3, 0.4) is 0 Å². The Hall–Kier alpha value is -3.38. The van der Waals surface area contributed by atoms with E-state index in [0.29, 0.717) is 11.3 Å². The second-order valence-corrected chi connectivity index (χ2v) is 6.20. The summed E-state index contributed by atoms with van der Waals surface area (Å²) >= 11 is 0. The Morgan fingerprint density at radius 3 is 2.65 bits per heavy atom. The number of rotatable bonds is 3. The Labute approximate surface area is 153 Å². The second kappa shape index (κ2) is 6.85. The van der Waals surface area contributed by atoms with Gasteiger partial charge >= 0.3 is 0 Å². The second-order valence-electron chi connectivity index (χ2n) is 6.20. The average Bonchev–Trinajstić information content (AvgIpc) is 2.61. The molecule has 0 fully saturated rings. The van der Waals surface area contributed by atoms with Crippen LogP contribution in [0.15, 0.2) is 60.7 Å². The summed E-state index contributed by atoms with van der Waals surface area (Å²) in [5.41, 5.74) is 4.73. The molecule has 3 rings (SSSR count). The molecular weight excluding hydrogens is 324 g/mol. The molecule has 1 aliphatic rings. The Kier molecular flexibility index (Phi) is 4.60. The van der Waals surface area contributed by atoms with Gasteiger partial charge in [0.1, 0.15) is 23.4 Å². The van der Waals surface area contributed by atoms with E-state index in [-0.39, 0.29) is 11.5 Å². The van der Waals surface area contributed by atoms with Crippen molar-refractivity contribution in [1.29, 1.82) is 0 Å². The molecule has 1 heterocycles. The van der Waals surface area contributed by atoms with Gasteiger partial charge in [-0.25, -0.2) is 0 Å². The van der Waals surface area contributed by atoms with Crippen molar-refractivity contribution in [3.63, 3.8) is 0 Å². The molecule has 0 saturated heterocycles. The molecule has 1 unspecified atom stereocenters. The lowest BCUT2D eigenvalue weighted by Crippen LogP contribution is -2.25. The molecule has 0 bridgehead atoms. The minimum atomic E-state index is -0.421. The summed E-state index contributed by atoms with van der Waals surface area (Å²) < 4.78 is 6.20. The summed E-state index contributed by atoms with van der Waals surface area (Å²) in [4.78, 5) is 0. The maximum absolute atomic E-state index is 10.1. The standard InChI is InChI=1S/C23H20O3/c1-5-7-14(3)23-22(17-10-16(6-2)11-19(25)12-17)15(4)20-13-18(24)8-9-21(20)26-23/h2,5,7-13,23-25H,3H2,1,4H3. The third kappa shape index (κ3) is 3.10. The lowest BCUT2D eigenvalue weighted by atomic mass is 9.85. The molecule has 2 aromatic rings. The molecular formula is C23H20O3. The average molecular weight is 344 g/mol. The van der Waals surface area contributed by atoms with Gasteiger partial charge < -0.3 is 14.9 Å². The Morgan fingerprint density at radius 1 is 1.19 bits per heavy atom. The SMILES string of the molecule is C#Cc1cc(O)cc(C2=C(C)c3cc(O)ccc3OC2C(=C)C=CC)c1. The van der Waals surface area contributed by atoms with E-state index in [1.807, 2.05) is 32.1 Å². The third-order valence-corrected chi connectivity index (χ3v) is 4.39. The van der Waals surface area contributed by atoms with Crippen molar-refractivity contribution in [2.24, 2.45) is 0 Å². The molecule has 0 radical (unpaired) electrons. The van der Waals surface area contributed by atoms with Crippen LogP contribution >= 0.6 is 0 Å². The molecule has 1 aliphatic heterocycles. The summed E-state index contributed by atoms with van der Waals surface area (Å²) in [5.74, 6) is 3.49.